The Morgan fingerprint density at radius 1 is 1.07 bits per heavy atom. The molecule has 3 aromatic rings. The number of aromatic nitrogens is 6. The molecule has 72 valence electrons. The van der Waals surface area contributed by atoms with Crippen LogP contribution in [0.2, 0.25) is 0 Å². The van der Waals surface area contributed by atoms with E-state index in [1.807, 2.05) is 18.2 Å². The standard InChI is InChI=1S/C9H6N6/c1-2-8-7(4-10-13-8)3-6(1)9-14-11-5-12-15-9/h1-5H,(H,10,13). The second kappa shape index (κ2) is 3.09. The van der Waals surface area contributed by atoms with E-state index in [4.69, 9.17) is 0 Å². The lowest BCUT2D eigenvalue weighted by atomic mass is 10.1. The van der Waals surface area contributed by atoms with Gasteiger partial charge in [-0.1, -0.05) is 0 Å². The second-order valence-corrected chi connectivity index (χ2v) is 3.04. The molecule has 0 spiro atoms. The number of hydrogen-bond acceptors (Lipinski definition) is 5. The Labute approximate surface area is 84.4 Å². The van der Waals surface area contributed by atoms with Crippen molar-refractivity contribution in [3.05, 3.63) is 30.7 Å². The van der Waals surface area contributed by atoms with Crippen molar-refractivity contribution in [2.45, 2.75) is 0 Å². The smallest absolute Gasteiger partial charge is 0.203 e. The van der Waals surface area contributed by atoms with E-state index in [1.165, 1.54) is 6.33 Å². The Hall–Kier alpha value is -2.37. The number of H-pyrrole nitrogens is 1. The van der Waals surface area contributed by atoms with Crippen molar-refractivity contribution in [1.29, 1.82) is 0 Å². The van der Waals surface area contributed by atoms with Crippen LogP contribution >= 0.6 is 0 Å². The van der Waals surface area contributed by atoms with Gasteiger partial charge in [0.25, 0.3) is 0 Å². The van der Waals surface area contributed by atoms with Gasteiger partial charge < -0.3 is 0 Å². The fraction of sp³-hybridized carbons (Fsp3) is 0. The summed E-state index contributed by atoms with van der Waals surface area (Å²) in [5.41, 5.74) is 1.86. The minimum Gasteiger partial charge on any atom is -0.278 e. The third-order valence-electron chi connectivity index (χ3n) is 2.11. The van der Waals surface area contributed by atoms with E-state index in [2.05, 4.69) is 30.6 Å². The maximum atomic E-state index is 3.94. The summed E-state index contributed by atoms with van der Waals surface area (Å²) in [6.07, 6.45) is 3.06. The summed E-state index contributed by atoms with van der Waals surface area (Å²) in [5.74, 6) is 0.514. The molecular formula is C9H6N6. The van der Waals surface area contributed by atoms with Crippen LogP contribution in [-0.2, 0) is 0 Å². The zero-order chi connectivity index (χ0) is 10.1. The van der Waals surface area contributed by atoms with E-state index < -0.39 is 0 Å². The summed E-state index contributed by atoms with van der Waals surface area (Å²) in [6, 6.07) is 5.77. The lowest BCUT2D eigenvalue weighted by molar-refractivity contribution is 0.865. The molecule has 0 aliphatic heterocycles. The molecule has 0 bridgehead atoms. The fourth-order valence-electron chi connectivity index (χ4n) is 1.40. The number of benzene rings is 1. The Morgan fingerprint density at radius 2 is 1.93 bits per heavy atom. The third kappa shape index (κ3) is 1.32. The van der Waals surface area contributed by atoms with Crippen LogP contribution < -0.4 is 0 Å². The molecule has 0 saturated carbocycles. The SMILES string of the molecule is c1nnc(-c2ccc3[nH]ncc3c2)nn1. The molecule has 0 unspecified atom stereocenters. The molecule has 2 heterocycles. The van der Waals surface area contributed by atoms with Crippen molar-refractivity contribution in [2.75, 3.05) is 0 Å². The van der Waals surface area contributed by atoms with Gasteiger partial charge in [0, 0.05) is 10.9 Å². The number of nitrogens with one attached hydrogen (secondary N) is 1. The zero-order valence-corrected chi connectivity index (χ0v) is 7.62. The van der Waals surface area contributed by atoms with Gasteiger partial charge in [0.15, 0.2) is 6.33 Å². The molecular weight excluding hydrogens is 192 g/mol. The molecule has 1 N–H and O–H groups in total. The average molecular weight is 198 g/mol. The average Bonchev–Trinajstić information content (AvgIpc) is 2.77. The third-order valence-corrected chi connectivity index (χ3v) is 2.11. The highest BCUT2D eigenvalue weighted by atomic mass is 15.3. The predicted molar refractivity (Wildman–Crippen MR) is 52.7 cm³/mol. The summed E-state index contributed by atoms with van der Waals surface area (Å²) in [7, 11) is 0. The summed E-state index contributed by atoms with van der Waals surface area (Å²) in [4.78, 5) is 0. The van der Waals surface area contributed by atoms with E-state index in [0.717, 1.165) is 16.5 Å². The van der Waals surface area contributed by atoms with Crippen molar-refractivity contribution in [2.24, 2.45) is 0 Å². The molecule has 6 nitrogen and oxygen atoms in total. The van der Waals surface area contributed by atoms with Crippen LogP contribution in [0.25, 0.3) is 22.3 Å². The predicted octanol–water partition coefficient (Wildman–Crippen LogP) is 0.810. The number of nitrogens with zero attached hydrogens (tertiary/aromatic N) is 5. The van der Waals surface area contributed by atoms with E-state index in [0.29, 0.717) is 5.82 Å². The van der Waals surface area contributed by atoms with Crippen LogP contribution in [0.3, 0.4) is 0 Å². The first-order chi connectivity index (χ1) is 7.43. The Balaban J connectivity index is 2.19. The quantitative estimate of drug-likeness (QED) is 0.625. The molecule has 0 saturated heterocycles. The second-order valence-electron chi connectivity index (χ2n) is 3.04. The minimum atomic E-state index is 0.514. The molecule has 2 aromatic heterocycles. The van der Waals surface area contributed by atoms with Gasteiger partial charge >= 0.3 is 0 Å². The summed E-state index contributed by atoms with van der Waals surface area (Å²) < 4.78 is 0. The van der Waals surface area contributed by atoms with Crippen molar-refractivity contribution in [3.63, 3.8) is 0 Å². The Morgan fingerprint density at radius 3 is 2.80 bits per heavy atom. The van der Waals surface area contributed by atoms with Gasteiger partial charge in [0.05, 0.1) is 11.7 Å². The molecule has 0 aliphatic rings. The molecule has 0 aliphatic carbocycles. The van der Waals surface area contributed by atoms with Crippen molar-refractivity contribution in [3.8, 4) is 11.4 Å². The monoisotopic (exact) mass is 198 g/mol. The zero-order valence-electron chi connectivity index (χ0n) is 7.62. The largest absolute Gasteiger partial charge is 0.278 e. The molecule has 6 heteroatoms. The topological polar surface area (TPSA) is 80.2 Å². The van der Waals surface area contributed by atoms with Gasteiger partial charge in [-0.3, -0.25) is 5.10 Å². The van der Waals surface area contributed by atoms with Gasteiger partial charge in [0.1, 0.15) is 0 Å². The first-order valence-electron chi connectivity index (χ1n) is 4.37. The normalized spacial score (nSPS) is 10.7. The Kier molecular flexibility index (Phi) is 1.64. The van der Waals surface area contributed by atoms with Crippen molar-refractivity contribution < 1.29 is 0 Å². The lowest BCUT2D eigenvalue weighted by Gasteiger charge is -1.96. The first-order valence-corrected chi connectivity index (χ1v) is 4.37. The van der Waals surface area contributed by atoms with Crippen LogP contribution in [0.4, 0.5) is 0 Å². The summed E-state index contributed by atoms with van der Waals surface area (Å²) in [5, 5.41) is 23.0. The van der Waals surface area contributed by atoms with Crippen LogP contribution in [0.1, 0.15) is 0 Å². The Bertz CT molecular complexity index is 588. The molecule has 15 heavy (non-hydrogen) atoms. The van der Waals surface area contributed by atoms with Crippen LogP contribution in [0.5, 0.6) is 0 Å². The van der Waals surface area contributed by atoms with Gasteiger partial charge in [0.2, 0.25) is 5.82 Å². The van der Waals surface area contributed by atoms with Gasteiger partial charge in [-0.15, -0.1) is 20.4 Å². The number of rotatable bonds is 1. The molecule has 0 fully saturated rings. The van der Waals surface area contributed by atoms with Crippen molar-refractivity contribution in [1.82, 2.24) is 30.6 Å². The number of aromatic amines is 1. The summed E-state index contributed by atoms with van der Waals surface area (Å²) in [6.45, 7) is 0. The maximum Gasteiger partial charge on any atom is 0.203 e. The molecule has 0 radical (unpaired) electrons. The van der Waals surface area contributed by atoms with Crippen LogP contribution in [-0.4, -0.2) is 30.6 Å². The van der Waals surface area contributed by atoms with E-state index in [-0.39, 0.29) is 0 Å². The van der Waals surface area contributed by atoms with E-state index in [1.54, 1.807) is 6.20 Å². The van der Waals surface area contributed by atoms with Gasteiger partial charge in [-0.05, 0) is 18.2 Å². The minimum absolute atomic E-state index is 0.514. The molecule has 3 rings (SSSR count). The maximum absolute atomic E-state index is 3.94. The van der Waals surface area contributed by atoms with Crippen LogP contribution in [0.15, 0.2) is 30.7 Å². The molecule has 0 atom stereocenters. The van der Waals surface area contributed by atoms with E-state index >= 15 is 0 Å². The lowest BCUT2D eigenvalue weighted by Crippen LogP contribution is -1.93. The molecule has 1 aromatic carbocycles. The highest BCUT2D eigenvalue weighted by Gasteiger charge is 2.03. The van der Waals surface area contributed by atoms with Crippen LogP contribution in [0, 0.1) is 0 Å². The highest BCUT2D eigenvalue weighted by Crippen LogP contribution is 2.18. The summed E-state index contributed by atoms with van der Waals surface area (Å²) >= 11 is 0. The fourth-order valence-corrected chi connectivity index (χ4v) is 1.40. The number of fused-ring (bicyclic) bond motifs is 1. The molecule has 0 amide bonds. The van der Waals surface area contributed by atoms with Gasteiger partial charge in [-0.25, -0.2) is 0 Å². The van der Waals surface area contributed by atoms with Gasteiger partial charge in [-0.2, -0.15) is 5.10 Å². The van der Waals surface area contributed by atoms with E-state index in [9.17, 15) is 0 Å². The van der Waals surface area contributed by atoms with Crippen molar-refractivity contribution >= 4 is 10.9 Å². The first kappa shape index (κ1) is 7.98. The number of hydrogen-bond donors (Lipinski definition) is 1. The highest BCUT2D eigenvalue weighted by molar-refractivity contribution is 5.82.